The molecule has 0 bridgehead atoms. The van der Waals surface area contributed by atoms with Gasteiger partial charge >= 0.3 is 6.18 Å². The van der Waals surface area contributed by atoms with Gasteiger partial charge in [-0.3, -0.25) is 9.59 Å². The molecule has 0 atom stereocenters. The van der Waals surface area contributed by atoms with Crippen LogP contribution in [0.3, 0.4) is 0 Å². The van der Waals surface area contributed by atoms with E-state index in [2.05, 4.69) is 0 Å². The molecule has 1 amide bonds. The number of halogens is 3. The summed E-state index contributed by atoms with van der Waals surface area (Å²) in [7, 11) is -4.18. The van der Waals surface area contributed by atoms with Crippen molar-refractivity contribution in [3.05, 3.63) is 64.1 Å². The Morgan fingerprint density at radius 1 is 1.12 bits per heavy atom. The number of alkyl halides is 3. The van der Waals surface area contributed by atoms with E-state index in [1.54, 1.807) is 11.6 Å². The average Bonchev–Trinajstić information content (AvgIpc) is 2.48. The van der Waals surface area contributed by atoms with Crippen molar-refractivity contribution < 1.29 is 26.4 Å². The number of nitrogens with zero attached hydrogens (tertiary/aromatic N) is 1. The summed E-state index contributed by atoms with van der Waals surface area (Å²) >= 11 is 0. The molecule has 0 fully saturated rings. The molecule has 0 unspecified atom stereocenters. The van der Waals surface area contributed by atoms with Crippen LogP contribution in [0.15, 0.2) is 52.3 Å². The molecule has 1 heterocycles. The lowest BCUT2D eigenvalue weighted by atomic mass is 10.2. The molecule has 0 saturated heterocycles. The number of hydrogen-bond acceptors (Lipinski definition) is 4. The summed E-state index contributed by atoms with van der Waals surface area (Å²) in [5.74, 6) is -1.14. The predicted octanol–water partition coefficient (Wildman–Crippen LogP) is 1.68. The SMILES string of the molecule is Cc1ccc(S(=O)(=O)NC(=O)Cn2cc(C(F)(F)F)ccc2=O)cc1. The number of rotatable bonds is 4. The molecule has 0 saturated carbocycles. The van der Waals surface area contributed by atoms with Gasteiger partial charge in [-0.05, 0) is 25.1 Å². The Balaban J connectivity index is 2.20. The van der Waals surface area contributed by atoms with Crippen LogP contribution in [0.25, 0.3) is 0 Å². The number of hydrogen-bond donors (Lipinski definition) is 1. The lowest BCUT2D eigenvalue weighted by molar-refractivity contribution is -0.138. The van der Waals surface area contributed by atoms with E-state index in [1.165, 1.54) is 24.3 Å². The summed E-state index contributed by atoms with van der Waals surface area (Å²) in [6, 6.07) is 6.85. The van der Waals surface area contributed by atoms with E-state index in [-0.39, 0.29) is 4.90 Å². The molecule has 6 nitrogen and oxygen atoms in total. The van der Waals surface area contributed by atoms with Crippen LogP contribution in [-0.4, -0.2) is 18.9 Å². The minimum atomic E-state index is -4.69. The summed E-state index contributed by atoms with van der Waals surface area (Å²) in [5.41, 5.74) is -1.18. The number of nitrogens with one attached hydrogen (secondary N) is 1. The van der Waals surface area contributed by atoms with Gasteiger partial charge < -0.3 is 4.57 Å². The highest BCUT2D eigenvalue weighted by molar-refractivity contribution is 7.90. The second-order valence-electron chi connectivity index (χ2n) is 5.22. The zero-order valence-electron chi connectivity index (χ0n) is 12.9. The van der Waals surface area contributed by atoms with Gasteiger partial charge in [0.05, 0.1) is 10.5 Å². The molecule has 0 aliphatic rings. The van der Waals surface area contributed by atoms with Gasteiger partial charge in [-0.25, -0.2) is 13.1 Å². The van der Waals surface area contributed by atoms with Gasteiger partial charge in [0.2, 0.25) is 0 Å². The molecule has 1 N–H and O–H groups in total. The van der Waals surface area contributed by atoms with Gasteiger partial charge in [-0.1, -0.05) is 17.7 Å². The van der Waals surface area contributed by atoms with Crippen molar-refractivity contribution in [2.75, 3.05) is 0 Å². The van der Waals surface area contributed by atoms with Gasteiger partial charge in [0.1, 0.15) is 6.54 Å². The van der Waals surface area contributed by atoms with E-state index in [0.717, 1.165) is 5.56 Å². The number of carbonyl (C=O) groups is 1. The summed E-state index contributed by atoms with van der Waals surface area (Å²) in [4.78, 5) is 23.2. The Morgan fingerprint density at radius 3 is 2.28 bits per heavy atom. The van der Waals surface area contributed by atoms with Crippen molar-refractivity contribution >= 4 is 15.9 Å². The largest absolute Gasteiger partial charge is 0.417 e. The van der Waals surface area contributed by atoms with E-state index in [0.29, 0.717) is 22.9 Å². The monoisotopic (exact) mass is 374 g/mol. The number of aromatic nitrogens is 1. The molecule has 10 heteroatoms. The van der Waals surface area contributed by atoms with Gasteiger partial charge in [0.15, 0.2) is 0 Å². The molecule has 2 rings (SSSR count). The normalized spacial score (nSPS) is 12.0. The van der Waals surface area contributed by atoms with Crippen LogP contribution >= 0.6 is 0 Å². The van der Waals surface area contributed by atoms with E-state index >= 15 is 0 Å². The molecular weight excluding hydrogens is 361 g/mol. The standard InChI is InChI=1S/C15H13F3N2O4S/c1-10-2-5-12(6-3-10)25(23,24)19-13(21)9-20-8-11(15(16,17)18)4-7-14(20)22/h2-8H,9H2,1H3,(H,19,21). The molecule has 1 aromatic carbocycles. The molecule has 134 valence electrons. The first-order valence-corrected chi connectivity index (χ1v) is 8.37. The van der Waals surface area contributed by atoms with Crippen molar-refractivity contribution in [1.82, 2.24) is 9.29 Å². The highest BCUT2D eigenvalue weighted by Crippen LogP contribution is 2.27. The molecule has 0 aliphatic heterocycles. The van der Waals surface area contributed by atoms with Crippen LogP contribution in [0.2, 0.25) is 0 Å². The lowest BCUT2D eigenvalue weighted by Crippen LogP contribution is -2.36. The van der Waals surface area contributed by atoms with Crippen LogP contribution in [0, 0.1) is 6.92 Å². The molecular formula is C15H13F3N2O4S. The minimum absolute atomic E-state index is 0.178. The smallest absolute Gasteiger partial charge is 0.305 e. The number of carbonyl (C=O) groups excluding carboxylic acids is 1. The Labute approximate surface area is 141 Å². The summed E-state index contributed by atoms with van der Waals surface area (Å²) in [6.45, 7) is 0.878. The third kappa shape index (κ3) is 4.69. The fraction of sp³-hybridized carbons (Fsp3) is 0.200. The number of amides is 1. The maximum Gasteiger partial charge on any atom is 0.417 e. The maximum absolute atomic E-state index is 12.7. The van der Waals surface area contributed by atoms with Gasteiger partial charge in [0.25, 0.3) is 21.5 Å². The highest BCUT2D eigenvalue weighted by Gasteiger charge is 2.31. The van der Waals surface area contributed by atoms with Gasteiger partial charge in [-0.15, -0.1) is 0 Å². The first-order chi connectivity index (χ1) is 11.5. The summed E-state index contributed by atoms with van der Waals surface area (Å²) in [6.07, 6.45) is -4.24. The van der Waals surface area contributed by atoms with E-state index in [1.807, 2.05) is 0 Å². The zero-order valence-corrected chi connectivity index (χ0v) is 13.7. The third-order valence-electron chi connectivity index (χ3n) is 3.20. The first kappa shape index (κ1) is 18.7. The van der Waals surface area contributed by atoms with Crippen LogP contribution in [-0.2, 0) is 27.5 Å². The van der Waals surface area contributed by atoms with Crippen molar-refractivity contribution in [2.45, 2.75) is 24.5 Å². The van der Waals surface area contributed by atoms with Crippen LogP contribution in [0.5, 0.6) is 0 Å². The van der Waals surface area contributed by atoms with E-state index < -0.39 is 39.8 Å². The highest BCUT2D eigenvalue weighted by atomic mass is 32.2. The second-order valence-corrected chi connectivity index (χ2v) is 6.91. The average molecular weight is 374 g/mol. The molecule has 1 aromatic heterocycles. The molecule has 0 aliphatic carbocycles. The number of aryl methyl sites for hydroxylation is 1. The molecule has 0 radical (unpaired) electrons. The van der Waals surface area contributed by atoms with E-state index in [9.17, 15) is 31.2 Å². The fourth-order valence-electron chi connectivity index (χ4n) is 1.94. The van der Waals surface area contributed by atoms with Crippen LogP contribution in [0.1, 0.15) is 11.1 Å². The Kier molecular flexibility index (Phi) is 5.02. The van der Waals surface area contributed by atoms with Gasteiger partial charge in [0, 0.05) is 12.3 Å². The van der Waals surface area contributed by atoms with Crippen molar-refractivity contribution in [2.24, 2.45) is 0 Å². The minimum Gasteiger partial charge on any atom is -0.305 e. The zero-order chi connectivity index (χ0) is 18.8. The van der Waals surface area contributed by atoms with Crippen LogP contribution < -0.4 is 10.3 Å². The van der Waals surface area contributed by atoms with Crippen LogP contribution in [0.4, 0.5) is 13.2 Å². The van der Waals surface area contributed by atoms with Gasteiger partial charge in [-0.2, -0.15) is 13.2 Å². The third-order valence-corrected chi connectivity index (χ3v) is 4.59. The number of pyridine rings is 1. The first-order valence-electron chi connectivity index (χ1n) is 6.89. The second kappa shape index (κ2) is 6.71. The fourth-order valence-corrected chi connectivity index (χ4v) is 2.91. The lowest BCUT2D eigenvalue weighted by Gasteiger charge is -2.11. The number of benzene rings is 1. The van der Waals surface area contributed by atoms with Crippen molar-refractivity contribution in [1.29, 1.82) is 0 Å². The Bertz CT molecular complexity index is 948. The molecule has 25 heavy (non-hydrogen) atoms. The maximum atomic E-state index is 12.7. The molecule has 0 spiro atoms. The molecule has 2 aromatic rings. The summed E-state index contributed by atoms with van der Waals surface area (Å²) in [5, 5.41) is 0. The topological polar surface area (TPSA) is 85.2 Å². The van der Waals surface area contributed by atoms with E-state index in [4.69, 9.17) is 0 Å². The van der Waals surface area contributed by atoms with Crippen molar-refractivity contribution in [3.63, 3.8) is 0 Å². The quantitative estimate of drug-likeness (QED) is 0.882. The van der Waals surface area contributed by atoms with Crippen molar-refractivity contribution in [3.8, 4) is 0 Å². The predicted molar refractivity (Wildman–Crippen MR) is 82.2 cm³/mol. The number of sulfonamides is 1. The Morgan fingerprint density at radius 2 is 1.72 bits per heavy atom. The summed E-state index contributed by atoms with van der Waals surface area (Å²) < 4.78 is 64.3. The Hall–Kier alpha value is -2.62.